The molecule has 3 rings (SSSR count). The number of aromatic amines is 1. The molecule has 0 unspecified atom stereocenters. The Morgan fingerprint density at radius 2 is 2.12 bits per heavy atom. The predicted octanol–water partition coefficient (Wildman–Crippen LogP) is 2.04. The van der Waals surface area contributed by atoms with E-state index in [2.05, 4.69) is 16.1 Å². The number of hydrogen-bond acceptors (Lipinski definition) is 2. The minimum Gasteiger partial charge on any atom is -0.305 e. The van der Waals surface area contributed by atoms with Gasteiger partial charge in [-0.25, -0.2) is 4.79 Å². The van der Waals surface area contributed by atoms with Crippen molar-refractivity contribution in [1.82, 2.24) is 14.6 Å². The van der Waals surface area contributed by atoms with Crippen LogP contribution in [-0.4, -0.2) is 14.6 Å². The quantitative estimate of drug-likeness (QED) is 0.624. The average Bonchev–Trinajstić information content (AvgIpc) is 2.62. The maximum atomic E-state index is 11.7. The summed E-state index contributed by atoms with van der Waals surface area (Å²) in [5.41, 5.74) is 3.53. The van der Waals surface area contributed by atoms with E-state index < -0.39 is 0 Å². The van der Waals surface area contributed by atoms with Crippen LogP contribution in [0, 0.1) is 13.8 Å². The zero-order valence-corrected chi connectivity index (χ0v) is 9.11. The van der Waals surface area contributed by atoms with E-state index in [1.807, 2.05) is 32.0 Å². The van der Waals surface area contributed by atoms with Gasteiger partial charge in [-0.1, -0.05) is 11.6 Å². The maximum Gasteiger partial charge on any atom is 0.347 e. The second-order valence-corrected chi connectivity index (χ2v) is 4.06. The lowest BCUT2D eigenvalue weighted by atomic mass is 10.1. The molecule has 0 aliphatic rings. The van der Waals surface area contributed by atoms with Crippen molar-refractivity contribution in [1.29, 1.82) is 0 Å². The molecule has 0 amide bonds. The molecule has 0 spiro atoms. The van der Waals surface area contributed by atoms with Crippen molar-refractivity contribution in [2.45, 2.75) is 13.8 Å². The number of H-pyrrole nitrogens is 1. The smallest absolute Gasteiger partial charge is 0.305 e. The fourth-order valence-corrected chi connectivity index (χ4v) is 1.99. The van der Waals surface area contributed by atoms with E-state index in [1.165, 1.54) is 10.1 Å². The molecule has 0 saturated carbocycles. The van der Waals surface area contributed by atoms with E-state index in [0.29, 0.717) is 0 Å². The highest BCUT2D eigenvalue weighted by atomic mass is 16.1. The summed E-state index contributed by atoms with van der Waals surface area (Å²) in [5.74, 6) is 0. The van der Waals surface area contributed by atoms with E-state index in [-0.39, 0.29) is 7.12 Å². The van der Waals surface area contributed by atoms with Crippen LogP contribution in [0.2, 0.25) is 0 Å². The summed E-state index contributed by atoms with van der Waals surface area (Å²) in [6.07, 6.45) is 0. The number of aromatic nitrogens is 3. The molecule has 2 aromatic heterocycles. The van der Waals surface area contributed by atoms with Crippen molar-refractivity contribution in [3.05, 3.63) is 46.0 Å². The predicted molar refractivity (Wildman–Crippen MR) is 64.9 cm³/mol. The molecule has 0 aliphatic carbocycles. The molecule has 0 atom stereocenters. The van der Waals surface area contributed by atoms with Crippen molar-refractivity contribution >= 4 is 16.4 Å². The monoisotopic (exact) mass is 215 g/mol. The van der Waals surface area contributed by atoms with Crippen LogP contribution in [0.25, 0.3) is 16.4 Å². The zero-order valence-electron chi connectivity index (χ0n) is 9.11. The summed E-state index contributed by atoms with van der Waals surface area (Å²) < 4.78 is 1.41. The Balaban J connectivity index is 0.00000108. The fourth-order valence-electron chi connectivity index (χ4n) is 1.99. The SMILES string of the molecule is Cc1ccc2[nH]c(=O)n3nc(C)cc3c2c1.[HH]. The molecular weight excluding hydrogens is 202 g/mol. The van der Waals surface area contributed by atoms with E-state index >= 15 is 0 Å². The Kier molecular flexibility index (Phi) is 1.68. The molecule has 2 heterocycles. The van der Waals surface area contributed by atoms with Crippen LogP contribution in [0.4, 0.5) is 0 Å². The van der Waals surface area contributed by atoms with Crippen molar-refractivity contribution < 1.29 is 1.43 Å². The van der Waals surface area contributed by atoms with Gasteiger partial charge in [-0.05, 0) is 32.0 Å². The topological polar surface area (TPSA) is 50.2 Å². The first kappa shape index (κ1) is 9.15. The molecule has 0 radical (unpaired) electrons. The molecule has 0 saturated heterocycles. The van der Waals surface area contributed by atoms with Gasteiger partial charge in [0.25, 0.3) is 0 Å². The second-order valence-electron chi connectivity index (χ2n) is 4.06. The minimum absolute atomic E-state index is 0. The zero-order chi connectivity index (χ0) is 11.3. The number of hydrogen-bond donors (Lipinski definition) is 1. The van der Waals surface area contributed by atoms with Gasteiger partial charge in [0.15, 0.2) is 0 Å². The van der Waals surface area contributed by atoms with Gasteiger partial charge < -0.3 is 4.98 Å². The molecular formula is C12H13N3O. The van der Waals surface area contributed by atoms with Gasteiger partial charge in [0.05, 0.1) is 16.7 Å². The lowest BCUT2D eigenvalue weighted by molar-refractivity contribution is 0.864. The molecule has 0 aliphatic heterocycles. The van der Waals surface area contributed by atoms with Gasteiger partial charge in [0.2, 0.25) is 0 Å². The number of aryl methyl sites for hydroxylation is 2. The van der Waals surface area contributed by atoms with Crippen LogP contribution >= 0.6 is 0 Å². The largest absolute Gasteiger partial charge is 0.347 e. The normalized spacial score (nSPS) is 11.4. The molecule has 16 heavy (non-hydrogen) atoms. The Labute approximate surface area is 93.0 Å². The molecule has 0 fully saturated rings. The Bertz CT molecular complexity index is 757. The highest BCUT2D eigenvalue weighted by Crippen LogP contribution is 2.18. The third-order valence-electron chi connectivity index (χ3n) is 2.72. The van der Waals surface area contributed by atoms with E-state index in [0.717, 1.165) is 22.1 Å². The van der Waals surface area contributed by atoms with Crippen molar-refractivity contribution in [2.24, 2.45) is 0 Å². The van der Waals surface area contributed by atoms with Crippen molar-refractivity contribution in [2.75, 3.05) is 0 Å². The third kappa shape index (κ3) is 1.16. The molecule has 82 valence electrons. The van der Waals surface area contributed by atoms with Gasteiger partial charge in [0.1, 0.15) is 0 Å². The lowest BCUT2D eigenvalue weighted by Gasteiger charge is -2.01. The summed E-state index contributed by atoms with van der Waals surface area (Å²) in [6, 6.07) is 7.89. The summed E-state index contributed by atoms with van der Waals surface area (Å²) in [4.78, 5) is 14.6. The second kappa shape index (κ2) is 2.95. The fraction of sp³-hybridized carbons (Fsp3) is 0.167. The number of nitrogens with one attached hydrogen (secondary N) is 1. The Hall–Kier alpha value is -2.10. The molecule has 1 N–H and O–H groups in total. The Morgan fingerprint density at radius 1 is 1.31 bits per heavy atom. The van der Waals surface area contributed by atoms with Gasteiger partial charge >= 0.3 is 5.69 Å². The maximum absolute atomic E-state index is 11.7. The molecule has 4 nitrogen and oxygen atoms in total. The standard InChI is InChI=1S/C12H11N3O.H2/c1-7-3-4-10-9(5-7)11-6-8(2)14-15(11)12(16)13-10;/h3-6H,1-2H3,(H,13,16);1H. The van der Waals surface area contributed by atoms with E-state index in [9.17, 15) is 4.79 Å². The third-order valence-corrected chi connectivity index (χ3v) is 2.72. The number of rotatable bonds is 0. The van der Waals surface area contributed by atoms with Gasteiger partial charge in [-0.15, -0.1) is 0 Å². The van der Waals surface area contributed by atoms with Crippen molar-refractivity contribution in [3.8, 4) is 0 Å². The van der Waals surface area contributed by atoms with Crippen LogP contribution in [-0.2, 0) is 0 Å². The molecule has 4 heteroatoms. The molecule has 0 bridgehead atoms. The van der Waals surface area contributed by atoms with Crippen molar-refractivity contribution in [3.63, 3.8) is 0 Å². The summed E-state index contributed by atoms with van der Waals surface area (Å²) in [6.45, 7) is 3.92. The van der Waals surface area contributed by atoms with E-state index in [1.54, 1.807) is 0 Å². The number of fused-ring (bicyclic) bond motifs is 3. The number of nitrogens with zero attached hydrogens (tertiary/aromatic N) is 2. The van der Waals surface area contributed by atoms with Crippen LogP contribution < -0.4 is 5.69 Å². The molecule has 1 aromatic carbocycles. The summed E-state index contributed by atoms with van der Waals surface area (Å²) >= 11 is 0. The Morgan fingerprint density at radius 3 is 2.94 bits per heavy atom. The molecule has 3 aromatic rings. The summed E-state index contributed by atoms with van der Waals surface area (Å²) in [7, 11) is 0. The van der Waals surface area contributed by atoms with Crippen LogP contribution in [0.3, 0.4) is 0 Å². The van der Waals surface area contributed by atoms with Crippen LogP contribution in [0.1, 0.15) is 12.7 Å². The highest BCUT2D eigenvalue weighted by Gasteiger charge is 2.06. The first-order valence-electron chi connectivity index (χ1n) is 5.14. The summed E-state index contributed by atoms with van der Waals surface area (Å²) in [5, 5.41) is 5.19. The first-order chi connectivity index (χ1) is 7.65. The van der Waals surface area contributed by atoms with Gasteiger partial charge in [0, 0.05) is 6.81 Å². The van der Waals surface area contributed by atoms with E-state index in [4.69, 9.17) is 0 Å². The van der Waals surface area contributed by atoms with Gasteiger partial charge in [-0.2, -0.15) is 9.61 Å². The minimum atomic E-state index is -0.195. The highest BCUT2D eigenvalue weighted by molar-refractivity contribution is 5.93. The average molecular weight is 215 g/mol. The van der Waals surface area contributed by atoms with Crippen LogP contribution in [0.15, 0.2) is 29.1 Å². The van der Waals surface area contributed by atoms with Gasteiger partial charge in [-0.3, -0.25) is 0 Å². The number of benzene rings is 1. The first-order valence-corrected chi connectivity index (χ1v) is 5.14. The van der Waals surface area contributed by atoms with Crippen LogP contribution in [0.5, 0.6) is 0 Å². The lowest BCUT2D eigenvalue weighted by Crippen LogP contribution is -2.17.